The van der Waals surface area contributed by atoms with Crippen molar-refractivity contribution >= 4 is 23.6 Å². The second-order valence-electron chi connectivity index (χ2n) is 8.15. The smallest absolute Gasteiger partial charge is 0.335 e. The van der Waals surface area contributed by atoms with E-state index in [1.165, 1.54) is 11.0 Å². The molecule has 8 nitrogen and oxygen atoms in total. The molecule has 1 aromatic carbocycles. The summed E-state index contributed by atoms with van der Waals surface area (Å²) >= 11 is 0. The first-order valence-electron chi connectivity index (χ1n) is 10.4. The molecule has 1 aromatic heterocycles. The Balaban J connectivity index is 1.59. The molecule has 3 heterocycles. The maximum atomic E-state index is 13.7. The van der Waals surface area contributed by atoms with E-state index >= 15 is 0 Å². The molecule has 0 saturated carbocycles. The summed E-state index contributed by atoms with van der Waals surface area (Å²) in [7, 11) is 0. The number of pyridine rings is 1. The lowest BCUT2D eigenvalue weighted by atomic mass is 10.0. The maximum Gasteiger partial charge on any atom is 0.418 e. The van der Waals surface area contributed by atoms with Crippen LogP contribution in [0, 0.1) is 0 Å². The number of carbonyl (C=O) groups is 4. The van der Waals surface area contributed by atoms with Gasteiger partial charge in [-0.1, -0.05) is 0 Å². The van der Waals surface area contributed by atoms with Crippen LogP contribution in [-0.2, 0) is 22.3 Å². The first-order chi connectivity index (χ1) is 16.8. The molecule has 2 aliphatic heterocycles. The van der Waals surface area contributed by atoms with Crippen LogP contribution in [0.2, 0.25) is 0 Å². The molecule has 36 heavy (non-hydrogen) atoms. The van der Waals surface area contributed by atoms with Crippen LogP contribution in [-0.4, -0.2) is 45.7 Å². The molecule has 2 unspecified atom stereocenters. The van der Waals surface area contributed by atoms with Gasteiger partial charge in [0.25, 0.3) is 11.8 Å². The molecule has 2 N–H and O–H groups in total. The Morgan fingerprint density at radius 1 is 1.11 bits per heavy atom. The van der Waals surface area contributed by atoms with Crippen LogP contribution in [0.4, 0.5) is 26.3 Å². The zero-order valence-corrected chi connectivity index (χ0v) is 18.0. The summed E-state index contributed by atoms with van der Waals surface area (Å²) in [5, 5.41) is 3.69. The van der Waals surface area contributed by atoms with Gasteiger partial charge in [0, 0.05) is 30.3 Å². The molecule has 2 aliphatic rings. The molecule has 4 amide bonds. The molecule has 2 atom stereocenters. The highest BCUT2D eigenvalue weighted by Crippen LogP contribution is 2.39. The van der Waals surface area contributed by atoms with Crippen molar-refractivity contribution < 1.29 is 45.5 Å². The number of alkyl halides is 6. The van der Waals surface area contributed by atoms with Gasteiger partial charge in [0.05, 0.1) is 11.3 Å². The number of hydrogen-bond acceptors (Lipinski definition) is 5. The number of halogens is 6. The lowest BCUT2D eigenvalue weighted by molar-refractivity contribution is -0.161. The van der Waals surface area contributed by atoms with Crippen molar-refractivity contribution in [2.24, 2.45) is 0 Å². The van der Waals surface area contributed by atoms with Crippen molar-refractivity contribution in [2.75, 3.05) is 0 Å². The largest absolute Gasteiger partial charge is 0.418 e. The predicted octanol–water partition coefficient (Wildman–Crippen LogP) is 2.89. The second kappa shape index (κ2) is 8.91. The summed E-state index contributed by atoms with van der Waals surface area (Å²) < 4.78 is 81.0. The zero-order chi connectivity index (χ0) is 26.4. The van der Waals surface area contributed by atoms with Gasteiger partial charge in [-0.2, -0.15) is 26.3 Å². The second-order valence-corrected chi connectivity index (χ2v) is 8.15. The minimum absolute atomic E-state index is 0.0104. The Bertz CT molecular complexity index is 1260. The fraction of sp³-hybridized carbons (Fsp3) is 0.318. The molecular formula is C22H16F6N4O4. The van der Waals surface area contributed by atoms with Crippen LogP contribution in [0.3, 0.4) is 0 Å². The minimum Gasteiger partial charge on any atom is -0.335 e. The van der Waals surface area contributed by atoms with E-state index in [-0.39, 0.29) is 36.1 Å². The highest BCUT2D eigenvalue weighted by atomic mass is 19.4. The zero-order valence-electron chi connectivity index (χ0n) is 18.0. The Morgan fingerprint density at radius 2 is 1.83 bits per heavy atom. The molecule has 1 fully saturated rings. The van der Waals surface area contributed by atoms with Crippen LogP contribution in [0.25, 0.3) is 0 Å². The van der Waals surface area contributed by atoms with Crippen LogP contribution in [0.15, 0.2) is 36.5 Å². The number of hydrogen-bond donors (Lipinski definition) is 2. The summed E-state index contributed by atoms with van der Waals surface area (Å²) in [5.41, 5.74) is -3.06. The minimum atomic E-state index is -5.31. The van der Waals surface area contributed by atoms with Gasteiger partial charge >= 0.3 is 12.4 Å². The van der Waals surface area contributed by atoms with Crippen LogP contribution >= 0.6 is 0 Å². The first-order valence-corrected chi connectivity index (χ1v) is 10.4. The van der Waals surface area contributed by atoms with Crippen molar-refractivity contribution in [1.29, 1.82) is 0 Å². The third-order valence-electron chi connectivity index (χ3n) is 5.81. The summed E-state index contributed by atoms with van der Waals surface area (Å²) in [4.78, 5) is 53.3. The number of nitrogens with one attached hydrogen (secondary N) is 2. The van der Waals surface area contributed by atoms with E-state index in [2.05, 4.69) is 10.3 Å². The van der Waals surface area contributed by atoms with Gasteiger partial charge in [0.15, 0.2) is 6.04 Å². The molecule has 2 aromatic rings. The van der Waals surface area contributed by atoms with E-state index in [9.17, 15) is 45.5 Å². The van der Waals surface area contributed by atoms with Crippen LogP contribution in [0.1, 0.15) is 56.4 Å². The lowest BCUT2D eigenvalue weighted by Crippen LogP contribution is -2.52. The van der Waals surface area contributed by atoms with Gasteiger partial charge in [-0.05, 0) is 42.3 Å². The number of nitrogens with zero attached hydrogens (tertiary/aromatic N) is 2. The number of aromatic nitrogens is 1. The number of piperidine rings is 1. The lowest BCUT2D eigenvalue weighted by Gasteiger charge is -2.29. The van der Waals surface area contributed by atoms with Gasteiger partial charge in [-0.15, -0.1) is 0 Å². The van der Waals surface area contributed by atoms with Crippen molar-refractivity contribution in [3.05, 3.63) is 64.5 Å². The number of amides is 4. The van der Waals surface area contributed by atoms with Crippen molar-refractivity contribution in [3.63, 3.8) is 0 Å². The normalized spacial score (nSPS) is 19.1. The first kappa shape index (κ1) is 25.1. The molecule has 0 radical (unpaired) electrons. The number of rotatable bonds is 4. The summed E-state index contributed by atoms with van der Waals surface area (Å²) in [6.07, 6.45) is -9.61. The molecule has 0 aliphatic carbocycles. The quantitative estimate of drug-likeness (QED) is 0.482. The standard InChI is InChI=1S/C22H16F6N4O4/c23-21(24,25)13-2-1-7-29-16(13)17(22(26,27)28)31-18(34)10-3-4-12-11(8-10)9-32(20(12)36)14-5-6-15(33)30-19(14)35/h1-4,7-8,14,17H,5-6,9H2,(H,31,34)(H,30,33,35). The molecule has 1 saturated heterocycles. The third kappa shape index (κ3) is 4.75. The van der Waals surface area contributed by atoms with Crippen LogP contribution in [0.5, 0.6) is 0 Å². The third-order valence-corrected chi connectivity index (χ3v) is 5.81. The van der Waals surface area contributed by atoms with Gasteiger partial charge in [-0.3, -0.25) is 29.5 Å². The molecule has 4 rings (SSSR count). The Hall–Kier alpha value is -3.97. The van der Waals surface area contributed by atoms with Gasteiger partial charge < -0.3 is 10.2 Å². The average Bonchev–Trinajstić information content (AvgIpc) is 3.11. The predicted molar refractivity (Wildman–Crippen MR) is 108 cm³/mol. The van der Waals surface area contributed by atoms with E-state index in [4.69, 9.17) is 0 Å². The molecule has 0 spiro atoms. The molecular weight excluding hydrogens is 498 g/mol. The SMILES string of the molecule is O=C1CCC(N2Cc3cc(C(=O)NC(c4ncccc4C(F)(F)F)C(F)(F)F)ccc3C2=O)C(=O)N1. The van der Waals surface area contributed by atoms with E-state index in [0.717, 1.165) is 24.4 Å². The monoisotopic (exact) mass is 514 g/mol. The maximum absolute atomic E-state index is 13.7. The van der Waals surface area contributed by atoms with Gasteiger partial charge in [-0.25, -0.2) is 0 Å². The molecule has 0 bridgehead atoms. The van der Waals surface area contributed by atoms with Crippen LogP contribution < -0.4 is 10.6 Å². The summed E-state index contributed by atoms with van der Waals surface area (Å²) in [5.74, 6) is -3.07. The average molecular weight is 514 g/mol. The van der Waals surface area contributed by atoms with Crippen molar-refractivity contribution in [3.8, 4) is 0 Å². The highest BCUT2D eigenvalue weighted by Gasteiger charge is 2.48. The Labute approximate surface area is 198 Å². The Kier molecular flexibility index (Phi) is 6.22. The summed E-state index contributed by atoms with van der Waals surface area (Å²) in [6.45, 7) is -0.150. The molecule has 14 heteroatoms. The fourth-order valence-electron chi connectivity index (χ4n) is 4.12. The highest BCUT2D eigenvalue weighted by molar-refractivity contribution is 6.06. The van der Waals surface area contributed by atoms with E-state index in [0.29, 0.717) is 6.07 Å². The van der Waals surface area contributed by atoms with E-state index in [1.807, 2.05) is 0 Å². The van der Waals surface area contributed by atoms with Gasteiger partial charge in [0.2, 0.25) is 11.8 Å². The number of benzene rings is 1. The topological polar surface area (TPSA) is 108 Å². The number of imide groups is 1. The van der Waals surface area contributed by atoms with E-state index < -0.39 is 59.3 Å². The van der Waals surface area contributed by atoms with Crippen molar-refractivity contribution in [2.45, 2.75) is 43.8 Å². The number of carbonyl (C=O) groups excluding carboxylic acids is 4. The van der Waals surface area contributed by atoms with Gasteiger partial charge in [0.1, 0.15) is 6.04 Å². The molecule has 190 valence electrons. The fourth-order valence-corrected chi connectivity index (χ4v) is 4.12. The Morgan fingerprint density at radius 3 is 2.47 bits per heavy atom. The van der Waals surface area contributed by atoms with E-state index in [1.54, 1.807) is 5.32 Å². The number of fused-ring (bicyclic) bond motifs is 1. The summed E-state index contributed by atoms with van der Waals surface area (Å²) in [6, 6.07) is 0.618. The van der Waals surface area contributed by atoms with Crippen molar-refractivity contribution in [1.82, 2.24) is 20.5 Å².